The average molecular weight is 493 g/mol. The van der Waals surface area contributed by atoms with Gasteiger partial charge in [-0.25, -0.2) is 8.42 Å². The first-order chi connectivity index (χ1) is 14.8. The van der Waals surface area contributed by atoms with Crippen molar-refractivity contribution in [2.75, 3.05) is 5.32 Å². The Morgan fingerprint density at radius 1 is 1.06 bits per heavy atom. The zero-order chi connectivity index (χ0) is 22.2. The summed E-state index contributed by atoms with van der Waals surface area (Å²) >= 11 is 18.2. The van der Waals surface area contributed by atoms with E-state index >= 15 is 0 Å². The Labute approximate surface area is 196 Å². The van der Waals surface area contributed by atoms with Crippen LogP contribution < -0.4 is 5.32 Å². The molecule has 0 saturated carbocycles. The van der Waals surface area contributed by atoms with E-state index in [0.717, 1.165) is 18.4 Å². The molecule has 1 atom stereocenters. The van der Waals surface area contributed by atoms with E-state index in [0.29, 0.717) is 17.7 Å². The molecule has 0 spiro atoms. The van der Waals surface area contributed by atoms with Crippen LogP contribution in [0.2, 0.25) is 15.1 Å². The molecule has 158 valence electrons. The standard InChI is InChI=1S/C23H16Cl3NO3S/c24-15-5-2-6-17(12-15)31(29,30)21-9-1-4-14-10-11-16(13-18(14)21)27-23(28)22-19(25)7-3-8-20(22)26/h3,5,7-8,10-13,21H,1,4,9H2,(H,27,28). The van der Waals surface area contributed by atoms with E-state index in [1.165, 1.54) is 12.1 Å². The van der Waals surface area contributed by atoms with E-state index in [1.807, 2.05) is 6.07 Å². The van der Waals surface area contributed by atoms with E-state index in [4.69, 9.17) is 34.8 Å². The smallest absolute Gasteiger partial charge is 0.258 e. The van der Waals surface area contributed by atoms with Gasteiger partial charge in [0.25, 0.3) is 5.91 Å². The van der Waals surface area contributed by atoms with Crippen LogP contribution in [0.1, 0.15) is 39.6 Å². The molecule has 1 amide bonds. The summed E-state index contributed by atoms with van der Waals surface area (Å²) in [6, 6.07) is 18.3. The molecule has 8 heteroatoms. The van der Waals surface area contributed by atoms with Crippen LogP contribution in [0.15, 0.2) is 53.4 Å². The molecular formula is C23H16Cl3NO3S. The van der Waals surface area contributed by atoms with Crippen molar-refractivity contribution in [3.8, 4) is 0 Å². The van der Waals surface area contributed by atoms with Gasteiger partial charge in [-0.15, -0.1) is 0 Å². The second-order valence-corrected chi connectivity index (χ2v) is 10.5. The monoisotopic (exact) mass is 491 g/mol. The number of hydrogen-bond donors (Lipinski definition) is 1. The lowest BCUT2D eigenvalue weighted by Gasteiger charge is -2.26. The summed E-state index contributed by atoms with van der Waals surface area (Å²) in [6.07, 6.45) is 1.96. The minimum Gasteiger partial charge on any atom is -0.322 e. The fraction of sp³-hybridized carbons (Fsp3) is 0.174. The quantitative estimate of drug-likeness (QED) is 0.461. The summed E-state index contributed by atoms with van der Waals surface area (Å²) in [4.78, 5) is 12.7. The SMILES string of the molecule is O=C(Nc1ccc2c(c1)C(S(=O)(=O)c1c#ccc(Cl)c1)CCC2)c1c(Cl)cccc1Cl. The summed E-state index contributed by atoms with van der Waals surface area (Å²) in [7, 11) is -3.73. The number of carbonyl (C=O) groups excluding carboxylic acids is 1. The molecule has 1 aliphatic rings. The van der Waals surface area contributed by atoms with E-state index in [1.54, 1.807) is 30.3 Å². The molecule has 31 heavy (non-hydrogen) atoms. The first-order valence-corrected chi connectivity index (χ1v) is 12.2. The van der Waals surface area contributed by atoms with Crippen LogP contribution in [0.25, 0.3) is 0 Å². The Kier molecular flexibility index (Phi) is 6.18. The number of carbonyl (C=O) groups is 1. The Morgan fingerprint density at radius 2 is 1.81 bits per heavy atom. The third-order valence-electron chi connectivity index (χ3n) is 5.21. The van der Waals surface area contributed by atoms with Gasteiger partial charge in [0.05, 0.1) is 25.9 Å². The van der Waals surface area contributed by atoms with Crippen molar-refractivity contribution in [2.24, 2.45) is 0 Å². The third kappa shape index (κ3) is 4.40. The molecule has 3 aromatic rings. The molecule has 1 unspecified atom stereocenters. The van der Waals surface area contributed by atoms with Crippen molar-refractivity contribution in [3.05, 3.63) is 92.4 Å². The first kappa shape index (κ1) is 22.0. The second kappa shape index (κ2) is 8.72. The van der Waals surface area contributed by atoms with Crippen LogP contribution in [-0.2, 0) is 16.3 Å². The lowest BCUT2D eigenvalue weighted by atomic mass is 9.91. The van der Waals surface area contributed by atoms with E-state index in [2.05, 4.69) is 17.4 Å². The van der Waals surface area contributed by atoms with Crippen molar-refractivity contribution < 1.29 is 13.2 Å². The molecule has 1 N–H and O–H groups in total. The van der Waals surface area contributed by atoms with Crippen LogP contribution in [0, 0.1) is 12.1 Å². The number of benzene rings is 2. The number of amides is 1. The fourth-order valence-electron chi connectivity index (χ4n) is 3.75. The maximum Gasteiger partial charge on any atom is 0.258 e. The summed E-state index contributed by atoms with van der Waals surface area (Å²) < 4.78 is 26.6. The van der Waals surface area contributed by atoms with Crippen LogP contribution in [-0.4, -0.2) is 14.3 Å². The number of aryl methyl sites for hydroxylation is 1. The average Bonchev–Trinajstić information content (AvgIpc) is 2.73. The van der Waals surface area contributed by atoms with Gasteiger partial charge in [-0.1, -0.05) is 53.0 Å². The van der Waals surface area contributed by atoms with Crippen LogP contribution in [0.3, 0.4) is 0 Å². The largest absolute Gasteiger partial charge is 0.322 e. The number of fused-ring (bicyclic) bond motifs is 1. The number of nitrogens with one attached hydrogen (secondary N) is 1. The summed E-state index contributed by atoms with van der Waals surface area (Å²) in [5, 5.41) is 2.76. The number of hydrogen-bond acceptors (Lipinski definition) is 3. The van der Waals surface area contributed by atoms with Crippen molar-refractivity contribution in [2.45, 2.75) is 29.4 Å². The lowest BCUT2D eigenvalue weighted by Crippen LogP contribution is -2.20. The van der Waals surface area contributed by atoms with Crippen LogP contribution in [0.4, 0.5) is 5.69 Å². The zero-order valence-corrected chi connectivity index (χ0v) is 19.2. The molecule has 0 heterocycles. The molecule has 0 radical (unpaired) electrons. The third-order valence-corrected chi connectivity index (χ3v) is 8.13. The Bertz CT molecular complexity index is 1250. The zero-order valence-electron chi connectivity index (χ0n) is 16.1. The molecule has 4 nitrogen and oxygen atoms in total. The molecule has 0 aromatic heterocycles. The highest BCUT2D eigenvalue weighted by atomic mass is 35.5. The van der Waals surface area contributed by atoms with Gasteiger partial charge in [0.1, 0.15) is 4.90 Å². The Morgan fingerprint density at radius 3 is 2.52 bits per heavy atom. The molecular weight excluding hydrogens is 477 g/mol. The second-order valence-electron chi connectivity index (χ2n) is 7.20. The van der Waals surface area contributed by atoms with Gasteiger partial charge in [-0.3, -0.25) is 4.79 Å². The van der Waals surface area contributed by atoms with Gasteiger partial charge in [0.2, 0.25) is 0 Å². The van der Waals surface area contributed by atoms with E-state index < -0.39 is 21.0 Å². The summed E-state index contributed by atoms with van der Waals surface area (Å²) in [6.45, 7) is 0. The Hall–Kier alpha value is -2.23. The normalized spacial score (nSPS) is 15.6. The van der Waals surface area contributed by atoms with Gasteiger partial charge >= 0.3 is 0 Å². The molecule has 3 aromatic carbocycles. The van der Waals surface area contributed by atoms with Gasteiger partial charge in [0.15, 0.2) is 9.84 Å². The predicted molar refractivity (Wildman–Crippen MR) is 123 cm³/mol. The molecule has 0 bridgehead atoms. The maximum absolute atomic E-state index is 13.3. The van der Waals surface area contributed by atoms with Gasteiger partial charge < -0.3 is 5.32 Å². The maximum atomic E-state index is 13.3. The minimum atomic E-state index is -3.73. The molecule has 1 aliphatic carbocycles. The lowest BCUT2D eigenvalue weighted by molar-refractivity contribution is 0.102. The van der Waals surface area contributed by atoms with Crippen LogP contribution >= 0.6 is 34.8 Å². The van der Waals surface area contributed by atoms with Crippen molar-refractivity contribution in [3.63, 3.8) is 0 Å². The van der Waals surface area contributed by atoms with Gasteiger partial charge in [0, 0.05) is 11.8 Å². The highest BCUT2D eigenvalue weighted by Crippen LogP contribution is 2.40. The Balaban J connectivity index is 1.69. The van der Waals surface area contributed by atoms with Crippen molar-refractivity contribution >= 4 is 56.2 Å². The first-order valence-electron chi connectivity index (χ1n) is 9.48. The molecule has 4 rings (SSSR count). The van der Waals surface area contributed by atoms with Gasteiger partial charge in [-0.05, 0) is 66.8 Å². The topological polar surface area (TPSA) is 63.2 Å². The van der Waals surface area contributed by atoms with Crippen LogP contribution in [0.5, 0.6) is 0 Å². The summed E-state index contributed by atoms with van der Waals surface area (Å²) in [5.41, 5.74) is 2.21. The summed E-state index contributed by atoms with van der Waals surface area (Å²) in [5.74, 6) is -0.469. The van der Waals surface area contributed by atoms with E-state index in [-0.39, 0.29) is 25.5 Å². The highest BCUT2D eigenvalue weighted by Gasteiger charge is 2.33. The number of anilines is 1. The number of halogens is 3. The minimum absolute atomic E-state index is 0.00939. The molecule has 0 fully saturated rings. The van der Waals surface area contributed by atoms with Gasteiger partial charge in [-0.2, -0.15) is 0 Å². The highest BCUT2D eigenvalue weighted by molar-refractivity contribution is 7.91. The van der Waals surface area contributed by atoms with E-state index in [9.17, 15) is 13.2 Å². The molecule has 0 aliphatic heterocycles. The molecule has 0 saturated heterocycles. The number of rotatable bonds is 4. The fourth-order valence-corrected chi connectivity index (χ4v) is 6.38. The van der Waals surface area contributed by atoms with Crippen molar-refractivity contribution in [1.29, 1.82) is 0 Å². The van der Waals surface area contributed by atoms with Crippen molar-refractivity contribution in [1.82, 2.24) is 0 Å². The number of sulfone groups is 1. The predicted octanol–water partition coefficient (Wildman–Crippen LogP) is 6.35.